The van der Waals surface area contributed by atoms with E-state index in [0.29, 0.717) is 5.92 Å². The minimum Gasteiger partial charge on any atom is -0.348 e. The molecule has 24 heavy (non-hydrogen) atoms. The average molecular weight is 331 g/mol. The second-order valence-electron chi connectivity index (χ2n) is 8.02. The number of unbranched alkanes of at least 4 members (excludes halogenated alkanes) is 2. The van der Waals surface area contributed by atoms with E-state index in [1.165, 1.54) is 30.4 Å². The van der Waals surface area contributed by atoms with Crippen molar-refractivity contribution in [2.24, 2.45) is 11.3 Å². The summed E-state index contributed by atoms with van der Waals surface area (Å²) < 4.78 is 12.6. The zero-order chi connectivity index (χ0) is 17.6. The zero-order valence-corrected chi connectivity index (χ0v) is 16.0. The van der Waals surface area contributed by atoms with Crippen molar-refractivity contribution >= 4 is 6.08 Å². The molecule has 0 radical (unpaired) electrons. The van der Waals surface area contributed by atoms with Crippen LogP contribution in [0.2, 0.25) is 0 Å². The fourth-order valence-electron chi connectivity index (χ4n) is 3.58. The Morgan fingerprint density at radius 1 is 1.21 bits per heavy atom. The first-order valence-electron chi connectivity index (χ1n) is 9.46. The van der Waals surface area contributed by atoms with Crippen molar-refractivity contribution in [3.63, 3.8) is 0 Å². The molecule has 1 fully saturated rings. The number of rotatable bonds is 7. The van der Waals surface area contributed by atoms with E-state index in [9.17, 15) is 0 Å². The summed E-state index contributed by atoms with van der Waals surface area (Å²) in [6.45, 7) is 12.0. The van der Waals surface area contributed by atoms with Crippen LogP contribution in [-0.4, -0.2) is 19.0 Å². The van der Waals surface area contributed by atoms with Crippen LogP contribution >= 0.6 is 0 Å². The van der Waals surface area contributed by atoms with Crippen LogP contribution in [0.4, 0.5) is 0 Å². The van der Waals surface area contributed by atoms with Gasteiger partial charge in [0.2, 0.25) is 0 Å². The maximum atomic E-state index is 6.44. The number of benzene rings is 1. The molecule has 2 rings (SSSR count). The lowest BCUT2D eigenvalue weighted by Gasteiger charge is -2.44. The summed E-state index contributed by atoms with van der Waals surface area (Å²) in [5, 5.41) is 0. The molecule has 1 aliphatic heterocycles. The summed E-state index contributed by atoms with van der Waals surface area (Å²) in [4.78, 5) is 0. The molecular weight excluding hydrogens is 296 g/mol. The van der Waals surface area contributed by atoms with Gasteiger partial charge in [0.15, 0.2) is 6.29 Å². The van der Waals surface area contributed by atoms with Crippen molar-refractivity contribution in [1.82, 2.24) is 0 Å². The molecule has 0 saturated carbocycles. The van der Waals surface area contributed by atoms with Gasteiger partial charge in [-0.3, -0.25) is 0 Å². The first-order valence-corrected chi connectivity index (χ1v) is 9.46. The maximum Gasteiger partial charge on any atom is 0.180 e. The molecule has 0 unspecified atom stereocenters. The first-order chi connectivity index (χ1) is 11.4. The van der Waals surface area contributed by atoms with Crippen LogP contribution in [0.25, 0.3) is 6.08 Å². The van der Waals surface area contributed by atoms with Crippen LogP contribution in [0.3, 0.4) is 0 Å². The summed E-state index contributed by atoms with van der Waals surface area (Å²) in [7, 11) is 0. The predicted octanol–water partition coefficient (Wildman–Crippen LogP) is 6.07. The highest BCUT2D eigenvalue weighted by atomic mass is 16.7. The van der Waals surface area contributed by atoms with E-state index in [1.807, 2.05) is 0 Å². The molecule has 1 saturated heterocycles. The molecule has 1 heterocycles. The number of ether oxygens (including phenoxy) is 2. The van der Waals surface area contributed by atoms with Crippen molar-refractivity contribution in [2.75, 3.05) is 6.61 Å². The Balaban J connectivity index is 2.18. The molecule has 0 aromatic heterocycles. The Labute approximate surface area is 148 Å². The van der Waals surface area contributed by atoms with Gasteiger partial charge in [0.25, 0.3) is 0 Å². The Morgan fingerprint density at radius 3 is 2.54 bits per heavy atom. The lowest BCUT2D eigenvalue weighted by Crippen LogP contribution is -2.48. The lowest BCUT2D eigenvalue weighted by molar-refractivity contribution is -0.254. The molecule has 0 aliphatic carbocycles. The van der Waals surface area contributed by atoms with Gasteiger partial charge in [0.05, 0.1) is 12.7 Å². The Hall–Kier alpha value is -1.12. The molecule has 2 heteroatoms. The van der Waals surface area contributed by atoms with E-state index in [2.05, 4.69) is 71.0 Å². The van der Waals surface area contributed by atoms with Crippen LogP contribution in [0, 0.1) is 11.3 Å². The summed E-state index contributed by atoms with van der Waals surface area (Å²) in [6, 6.07) is 10.5. The van der Waals surface area contributed by atoms with Gasteiger partial charge < -0.3 is 9.47 Å². The minimum atomic E-state index is -0.206. The van der Waals surface area contributed by atoms with Gasteiger partial charge in [0, 0.05) is 5.41 Å². The van der Waals surface area contributed by atoms with Gasteiger partial charge in [-0.05, 0) is 29.9 Å². The Kier molecular flexibility index (Phi) is 7.06. The fourth-order valence-corrected chi connectivity index (χ4v) is 3.58. The molecule has 0 N–H and O–H groups in total. The molecular formula is C22H34O2. The molecule has 1 aliphatic rings. The number of hydrogen-bond donors (Lipinski definition) is 0. The normalized spacial score (nSPS) is 24.3. The molecule has 1 aromatic rings. The van der Waals surface area contributed by atoms with E-state index in [0.717, 1.165) is 13.0 Å². The highest BCUT2D eigenvalue weighted by Gasteiger charge is 2.40. The quantitative estimate of drug-likeness (QED) is 0.565. The maximum absolute atomic E-state index is 6.44. The van der Waals surface area contributed by atoms with E-state index in [1.54, 1.807) is 0 Å². The van der Waals surface area contributed by atoms with E-state index < -0.39 is 0 Å². The van der Waals surface area contributed by atoms with Crippen molar-refractivity contribution in [3.05, 3.63) is 41.5 Å². The smallest absolute Gasteiger partial charge is 0.180 e. The monoisotopic (exact) mass is 330 g/mol. The summed E-state index contributed by atoms with van der Waals surface area (Å²) >= 11 is 0. The lowest BCUT2D eigenvalue weighted by atomic mass is 9.80. The highest BCUT2D eigenvalue weighted by molar-refractivity contribution is 5.53. The summed E-state index contributed by atoms with van der Waals surface area (Å²) in [5.74, 6) is 0.486. The SMILES string of the molecule is CCCCC/C(=C/c1ccccc1)[C@@H]1OCC(C)(C)[C@H](C(C)C)O1. The van der Waals surface area contributed by atoms with Crippen molar-refractivity contribution in [3.8, 4) is 0 Å². The third-order valence-electron chi connectivity index (χ3n) is 4.78. The van der Waals surface area contributed by atoms with Crippen molar-refractivity contribution < 1.29 is 9.47 Å². The third kappa shape index (κ3) is 5.19. The zero-order valence-electron chi connectivity index (χ0n) is 16.0. The third-order valence-corrected chi connectivity index (χ3v) is 4.78. The predicted molar refractivity (Wildman–Crippen MR) is 102 cm³/mol. The van der Waals surface area contributed by atoms with E-state index >= 15 is 0 Å². The Bertz CT molecular complexity index is 516. The fraction of sp³-hybridized carbons (Fsp3) is 0.636. The first kappa shape index (κ1) is 19.2. The van der Waals surface area contributed by atoms with E-state index in [4.69, 9.17) is 9.47 Å². The molecule has 2 nitrogen and oxygen atoms in total. The van der Waals surface area contributed by atoms with Gasteiger partial charge in [-0.2, -0.15) is 0 Å². The van der Waals surface area contributed by atoms with Crippen molar-refractivity contribution in [1.29, 1.82) is 0 Å². The minimum absolute atomic E-state index is 0.0615. The second kappa shape index (κ2) is 8.82. The molecule has 2 atom stereocenters. The molecule has 0 spiro atoms. The Morgan fingerprint density at radius 2 is 1.92 bits per heavy atom. The standard InChI is InChI=1S/C22H34O2/c1-6-7-9-14-19(15-18-12-10-8-11-13-18)21-23-16-22(4,5)20(24-21)17(2)3/h8,10-13,15,17,20-21H,6-7,9,14,16H2,1-5H3/b19-15-/t20-,21+/m0/s1. The van der Waals surface area contributed by atoms with Crippen LogP contribution < -0.4 is 0 Å². The molecule has 0 amide bonds. The van der Waals surface area contributed by atoms with Crippen LogP contribution in [-0.2, 0) is 9.47 Å². The second-order valence-corrected chi connectivity index (χ2v) is 8.02. The van der Waals surface area contributed by atoms with Crippen molar-refractivity contribution in [2.45, 2.75) is 72.7 Å². The van der Waals surface area contributed by atoms with Gasteiger partial charge >= 0.3 is 0 Å². The highest BCUT2D eigenvalue weighted by Crippen LogP contribution is 2.37. The molecule has 1 aromatic carbocycles. The molecule has 0 bridgehead atoms. The summed E-state index contributed by atoms with van der Waals surface area (Å²) in [5.41, 5.74) is 2.56. The molecule has 134 valence electrons. The summed E-state index contributed by atoms with van der Waals surface area (Å²) in [6.07, 6.45) is 6.98. The van der Waals surface area contributed by atoms with Crippen LogP contribution in [0.15, 0.2) is 35.9 Å². The van der Waals surface area contributed by atoms with Gasteiger partial charge in [-0.1, -0.05) is 83.9 Å². The number of hydrogen-bond acceptors (Lipinski definition) is 2. The topological polar surface area (TPSA) is 18.5 Å². The van der Waals surface area contributed by atoms with E-state index in [-0.39, 0.29) is 17.8 Å². The average Bonchev–Trinajstić information content (AvgIpc) is 2.54. The van der Waals surface area contributed by atoms with Crippen LogP contribution in [0.5, 0.6) is 0 Å². The largest absolute Gasteiger partial charge is 0.348 e. The van der Waals surface area contributed by atoms with Crippen LogP contribution in [0.1, 0.15) is 65.9 Å². The van der Waals surface area contributed by atoms with Gasteiger partial charge in [0.1, 0.15) is 0 Å². The van der Waals surface area contributed by atoms with Gasteiger partial charge in [-0.25, -0.2) is 0 Å². The van der Waals surface area contributed by atoms with Gasteiger partial charge in [-0.15, -0.1) is 0 Å².